The normalized spacial score (nSPS) is 10.6. The summed E-state index contributed by atoms with van der Waals surface area (Å²) in [6.07, 6.45) is 4.41. The van der Waals surface area contributed by atoms with Crippen molar-refractivity contribution < 1.29 is 14.0 Å². The van der Waals surface area contributed by atoms with Crippen LogP contribution in [0.1, 0.15) is 26.3 Å². The number of nitrogens with zero attached hydrogens (tertiary/aromatic N) is 2. The van der Waals surface area contributed by atoms with Crippen LogP contribution in [0.5, 0.6) is 0 Å². The molecule has 3 aromatic rings. The second-order valence-electron chi connectivity index (χ2n) is 5.63. The summed E-state index contributed by atoms with van der Waals surface area (Å²) in [4.78, 5) is 28.7. The summed E-state index contributed by atoms with van der Waals surface area (Å²) in [5, 5.41) is 6.58. The van der Waals surface area contributed by atoms with Gasteiger partial charge < -0.3 is 5.32 Å². The molecule has 0 bridgehead atoms. The van der Waals surface area contributed by atoms with Crippen LogP contribution < -0.4 is 10.7 Å². The number of halogens is 2. The number of hydrazone groups is 1. The topological polar surface area (TPSA) is 83.5 Å². The van der Waals surface area contributed by atoms with Gasteiger partial charge in [-0.25, -0.2) is 9.82 Å². The molecule has 0 radical (unpaired) electrons. The van der Waals surface area contributed by atoms with E-state index in [1.165, 1.54) is 42.9 Å². The smallest absolute Gasteiger partial charge is 0.273 e. The lowest BCUT2D eigenvalue weighted by molar-refractivity contribution is 0.0956. The summed E-state index contributed by atoms with van der Waals surface area (Å²) < 4.78 is 13.6. The van der Waals surface area contributed by atoms with Gasteiger partial charge in [-0.15, -0.1) is 0 Å². The Kier molecular flexibility index (Phi) is 6.23. The van der Waals surface area contributed by atoms with Gasteiger partial charge in [0.1, 0.15) is 5.82 Å². The van der Waals surface area contributed by atoms with Gasteiger partial charge in [0.15, 0.2) is 0 Å². The van der Waals surface area contributed by atoms with Crippen LogP contribution in [0, 0.1) is 5.82 Å². The lowest BCUT2D eigenvalue weighted by Gasteiger charge is -2.10. The number of pyridine rings is 1. The first kappa shape index (κ1) is 19.4. The van der Waals surface area contributed by atoms with E-state index in [0.717, 1.165) is 0 Å². The number of carbonyl (C=O) groups excluding carboxylic acids is 2. The van der Waals surface area contributed by atoms with E-state index in [-0.39, 0.29) is 17.3 Å². The number of rotatable bonds is 5. The molecule has 2 N–H and O–H groups in total. The van der Waals surface area contributed by atoms with E-state index in [1.54, 1.807) is 30.3 Å². The molecule has 0 fully saturated rings. The maximum absolute atomic E-state index is 12.9. The molecule has 140 valence electrons. The molecule has 0 aliphatic rings. The molecular formula is C20H14BrFN4O2. The molecule has 1 heterocycles. The molecule has 0 saturated carbocycles. The van der Waals surface area contributed by atoms with Gasteiger partial charge in [0.25, 0.3) is 11.8 Å². The molecule has 3 rings (SSSR count). The Labute approximate surface area is 168 Å². The van der Waals surface area contributed by atoms with E-state index in [2.05, 4.69) is 36.8 Å². The molecule has 0 unspecified atom stereocenters. The quantitative estimate of drug-likeness (QED) is 0.464. The number of carbonyl (C=O) groups is 2. The molecule has 0 aliphatic heterocycles. The SMILES string of the molecule is O=C(Nc1ccc(Br)cc1C(=O)NN=Cc1ccc(F)cc1)c1ccncc1. The van der Waals surface area contributed by atoms with E-state index in [4.69, 9.17) is 0 Å². The van der Waals surface area contributed by atoms with E-state index in [9.17, 15) is 14.0 Å². The maximum atomic E-state index is 12.9. The molecule has 0 saturated heterocycles. The molecule has 1 aromatic heterocycles. The van der Waals surface area contributed by atoms with Crippen LogP contribution in [-0.4, -0.2) is 23.0 Å². The Morgan fingerprint density at radius 1 is 1.00 bits per heavy atom. The predicted octanol–water partition coefficient (Wildman–Crippen LogP) is 4.00. The first-order valence-electron chi connectivity index (χ1n) is 8.13. The molecule has 2 amide bonds. The summed E-state index contributed by atoms with van der Waals surface area (Å²) >= 11 is 3.31. The van der Waals surface area contributed by atoms with Crippen molar-refractivity contribution in [3.63, 3.8) is 0 Å². The zero-order valence-corrected chi connectivity index (χ0v) is 16.0. The number of aromatic nitrogens is 1. The van der Waals surface area contributed by atoms with Crippen LogP contribution in [0.4, 0.5) is 10.1 Å². The van der Waals surface area contributed by atoms with Crippen molar-refractivity contribution in [1.82, 2.24) is 10.4 Å². The Morgan fingerprint density at radius 2 is 1.71 bits per heavy atom. The molecule has 6 nitrogen and oxygen atoms in total. The van der Waals surface area contributed by atoms with E-state index in [0.29, 0.717) is 21.3 Å². The maximum Gasteiger partial charge on any atom is 0.273 e. The fraction of sp³-hybridized carbons (Fsp3) is 0. The minimum absolute atomic E-state index is 0.230. The third-order valence-corrected chi connectivity index (χ3v) is 4.16. The minimum atomic E-state index is -0.510. The monoisotopic (exact) mass is 440 g/mol. The van der Waals surface area contributed by atoms with Gasteiger partial charge in [0.2, 0.25) is 0 Å². The van der Waals surface area contributed by atoms with Crippen molar-refractivity contribution >= 4 is 39.6 Å². The van der Waals surface area contributed by atoms with Crippen LogP contribution in [0.15, 0.2) is 76.6 Å². The van der Waals surface area contributed by atoms with Crippen molar-refractivity contribution in [2.75, 3.05) is 5.32 Å². The standard InChI is InChI=1S/C20H14BrFN4O2/c21-15-3-6-18(25-19(27)14-7-9-23-10-8-14)17(11-15)20(28)26-24-12-13-1-4-16(22)5-2-13/h1-12H,(H,25,27)(H,26,28). The lowest BCUT2D eigenvalue weighted by Crippen LogP contribution is -2.21. The summed E-state index contributed by atoms with van der Waals surface area (Å²) in [5.41, 5.74) is 4.00. The first-order valence-corrected chi connectivity index (χ1v) is 8.92. The van der Waals surface area contributed by atoms with Crippen molar-refractivity contribution in [2.45, 2.75) is 0 Å². The van der Waals surface area contributed by atoms with Gasteiger partial charge in [-0.05, 0) is 48.0 Å². The Balaban J connectivity index is 1.75. The van der Waals surface area contributed by atoms with Gasteiger partial charge in [0.05, 0.1) is 17.5 Å². The number of benzene rings is 2. The number of hydrogen-bond donors (Lipinski definition) is 2. The summed E-state index contributed by atoms with van der Waals surface area (Å²) in [6, 6.07) is 13.7. The third-order valence-electron chi connectivity index (χ3n) is 3.67. The predicted molar refractivity (Wildman–Crippen MR) is 108 cm³/mol. The molecular weight excluding hydrogens is 427 g/mol. The highest BCUT2D eigenvalue weighted by molar-refractivity contribution is 9.10. The van der Waals surface area contributed by atoms with Gasteiger partial charge in [-0.1, -0.05) is 28.1 Å². The fourth-order valence-corrected chi connectivity index (χ4v) is 2.65. The van der Waals surface area contributed by atoms with E-state index >= 15 is 0 Å². The van der Waals surface area contributed by atoms with E-state index in [1.807, 2.05) is 0 Å². The average Bonchev–Trinajstić information content (AvgIpc) is 2.71. The highest BCUT2D eigenvalue weighted by atomic mass is 79.9. The molecule has 0 atom stereocenters. The lowest BCUT2D eigenvalue weighted by atomic mass is 10.1. The average molecular weight is 441 g/mol. The second kappa shape index (κ2) is 9.01. The number of amides is 2. The zero-order valence-electron chi connectivity index (χ0n) is 14.4. The Hall–Kier alpha value is -3.39. The van der Waals surface area contributed by atoms with Gasteiger partial charge >= 0.3 is 0 Å². The highest BCUT2D eigenvalue weighted by Crippen LogP contribution is 2.22. The van der Waals surface area contributed by atoms with Gasteiger partial charge in [-0.3, -0.25) is 14.6 Å². The molecule has 28 heavy (non-hydrogen) atoms. The van der Waals surface area contributed by atoms with E-state index < -0.39 is 5.91 Å². The van der Waals surface area contributed by atoms with Crippen LogP contribution >= 0.6 is 15.9 Å². The summed E-state index contributed by atoms with van der Waals surface area (Å²) in [5.74, 6) is -1.23. The largest absolute Gasteiger partial charge is 0.321 e. The Morgan fingerprint density at radius 3 is 2.43 bits per heavy atom. The van der Waals surface area contributed by atoms with Crippen LogP contribution in [0.2, 0.25) is 0 Å². The highest BCUT2D eigenvalue weighted by Gasteiger charge is 2.15. The van der Waals surface area contributed by atoms with Crippen molar-refractivity contribution in [1.29, 1.82) is 0 Å². The molecule has 0 spiro atoms. The first-order chi connectivity index (χ1) is 13.5. The Bertz CT molecular complexity index is 1020. The molecule has 2 aromatic carbocycles. The van der Waals surface area contributed by atoms with Crippen LogP contribution in [0.25, 0.3) is 0 Å². The third kappa shape index (κ3) is 5.08. The summed E-state index contributed by atoms with van der Waals surface area (Å²) in [7, 11) is 0. The number of nitrogens with one attached hydrogen (secondary N) is 2. The zero-order chi connectivity index (χ0) is 19.9. The number of hydrogen-bond acceptors (Lipinski definition) is 4. The van der Waals surface area contributed by atoms with Gasteiger partial charge in [0, 0.05) is 22.4 Å². The van der Waals surface area contributed by atoms with Crippen molar-refractivity contribution in [2.24, 2.45) is 5.10 Å². The molecule has 8 heteroatoms. The van der Waals surface area contributed by atoms with Gasteiger partial charge in [-0.2, -0.15) is 5.10 Å². The van der Waals surface area contributed by atoms with Crippen LogP contribution in [0.3, 0.4) is 0 Å². The minimum Gasteiger partial charge on any atom is -0.321 e. The summed E-state index contributed by atoms with van der Waals surface area (Å²) in [6.45, 7) is 0. The molecule has 0 aliphatic carbocycles. The second-order valence-corrected chi connectivity index (χ2v) is 6.55. The van der Waals surface area contributed by atoms with Crippen molar-refractivity contribution in [3.05, 3.63) is 94.0 Å². The fourth-order valence-electron chi connectivity index (χ4n) is 2.29. The van der Waals surface area contributed by atoms with Crippen LogP contribution in [-0.2, 0) is 0 Å². The number of anilines is 1. The van der Waals surface area contributed by atoms with Crippen molar-refractivity contribution in [3.8, 4) is 0 Å².